The molecule has 1 aliphatic heterocycles. The predicted molar refractivity (Wildman–Crippen MR) is 79.4 cm³/mol. The summed E-state index contributed by atoms with van der Waals surface area (Å²) >= 11 is 0. The highest BCUT2D eigenvalue weighted by Crippen LogP contribution is 2.45. The molecular weight excluding hydrogens is 250 g/mol. The van der Waals surface area contributed by atoms with Crippen molar-refractivity contribution < 1.29 is 0 Å². The number of aryl methyl sites for hydroxylation is 1. The Bertz CT molecular complexity index is 429. The summed E-state index contributed by atoms with van der Waals surface area (Å²) in [4.78, 5) is 2.75. The zero-order valence-electron chi connectivity index (χ0n) is 12.8. The van der Waals surface area contributed by atoms with Gasteiger partial charge in [-0.3, -0.25) is 9.58 Å². The molecule has 0 amide bonds. The van der Waals surface area contributed by atoms with Crippen molar-refractivity contribution in [3.8, 4) is 0 Å². The maximum absolute atomic E-state index is 4.16. The van der Waals surface area contributed by atoms with Crippen LogP contribution in [0.5, 0.6) is 0 Å². The predicted octanol–water partition coefficient (Wildman–Crippen LogP) is 1.87. The number of aromatic nitrogens is 3. The topological polar surface area (TPSA) is 46.0 Å². The standard InChI is InChI=1S/C15H27N5/c1-3-16-14(13-12-17-18-19(13)2)15(8-4-5-9-15)20-10-6-7-11-20/h12,14,16H,3-11H2,1-2H3. The van der Waals surface area contributed by atoms with Crippen LogP contribution in [0.1, 0.15) is 57.2 Å². The van der Waals surface area contributed by atoms with Crippen LogP contribution in [0.25, 0.3) is 0 Å². The molecule has 1 saturated heterocycles. The Morgan fingerprint density at radius 1 is 1.25 bits per heavy atom. The number of nitrogens with zero attached hydrogens (tertiary/aromatic N) is 4. The van der Waals surface area contributed by atoms with E-state index in [2.05, 4.69) is 27.5 Å². The van der Waals surface area contributed by atoms with E-state index in [1.807, 2.05) is 17.9 Å². The maximum Gasteiger partial charge on any atom is 0.0772 e. The first-order valence-corrected chi connectivity index (χ1v) is 8.11. The van der Waals surface area contributed by atoms with Gasteiger partial charge in [0.05, 0.1) is 17.9 Å². The summed E-state index contributed by atoms with van der Waals surface area (Å²) in [7, 11) is 2.01. The zero-order chi connectivity index (χ0) is 14.0. The van der Waals surface area contributed by atoms with Gasteiger partial charge in [-0.05, 0) is 45.3 Å². The van der Waals surface area contributed by atoms with Crippen LogP contribution >= 0.6 is 0 Å². The number of hydrogen-bond acceptors (Lipinski definition) is 4. The third-order valence-electron chi connectivity index (χ3n) is 5.20. The van der Waals surface area contributed by atoms with E-state index in [4.69, 9.17) is 0 Å². The normalized spacial score (nSPS) is 24.3. The van der Waals surface area contributed by atoms with Crippen molar-refractivity contribution in [2.75, 3.05) is 19.6 Å². The average Bonchev–Trinajstić information content (AvgIpc) is 3.18. The largest absolute Gasteiger partial charge is 0.307 e. The Hall–Kier alpha value is -0.940. The van der Waals surface area contributed by atoms with E-state index in [1.165, 1.54) is 57.3 Å². The van der Waals surface area contributed by atoms with Gasteiger partial charge in [-0.1, -0.05) is 25.0 Å². The summed E-state index contributed by atoms with van der Waals surface area (Å²) in [6.07, 6.45) is 9.96. The van der Waals surface area contributed by atoms with Crippen LogP contribution in [-0.2, 0) is 7.05 Å². The Balaban J connectivity index is 1.96. The van der Waals surface area contributed by atoms with Crippen molar-refractivity contribution in [1.82, 2.24) is 25.2 Å². The van der Waals surface area contributed by atoms with Gasteiger partial charge in [0.1, 0.15) is 0 Å². The minimum absolute atomic E-state index is 0.280. The van der Waals surface area contributed by atoms with Gasteiger partial charge in [0, 0.05) is 12.6 Å². The van der Waals surface area contributed by atoms with Gasteiger partial charge in [0.2, 0.25) is 0 Å². The van der Waals surface area contributed by atoms with E-state index in [0.717, 1.165) is 6.54 Å². The Morgan fingerprint density at radius 3 is 2.50 bits per heavy atom. The van der Waals surface area contributed by atoms with Crippen LogP contribution in [-0.4, -0.2) is 45.1 Å². The Morgan fingerprint density at radius 2 is 1.95 bits per heavy atom. The fraction of sp³-hybridized carbons (Fsp3) is 0.867. The Labute approximate surface area is 121 Å². The number of rotatable bonds is 5. The van der Waals surface area contributed by atoms with Crippen molar-refractivity contribution in [3.05, 3.63) is 11.9 Å². The van der Waals surface area contributed by atoms with Crippen molar-refractivity contribution >= 4 is 0 Å². The van der Waals surface area contributed by atoms with Crippen molar-refractivity contribution in [2.24, 2.45) is 7.05 Å². The number of nitrogens with one attached hydrogen (secondary N) is 1. The van der Waals surface area contributed by atoms with E-state index in [-0.39, 0.29) is 5.54 Å². The summed E-state index contributed by atoms with van der Waals surface area (Å²) < 4.78 is 1.95. The molecule has 112 valence electrons. The van der Waals surface area contributed by atoms with Crippen LogP contribution in [0, 0.1) is 0 Å². The van der Waals surface area contributed by atoms with Gasteiger partial charge in [-0.2, -0.15) is 0 Å². The monoisotopic (exact) mass is 277 g/mol. The molecule has 2 heterocycles. The van der Waals surface area contributed by atoms with E-state index in [1.54, 1.807) is 0 Å². The quantitative estimate of drug-likeness (QED) is 0.892. The molecule has 2 aliphatic rings. The lowest BCUT2D eigenvalue weighted by Crippen LogP contribution is -2.54. The molecule has 0 aromatic carbocycles. The molecule has 5 heteroatoms. The molecule has 2 fully saturated rings. The molecule has 3 rings (SSSR count). The second kappa shape index (κ2) is 5.82. The molecule has 20 heavy (non-hydrogen) atoms. The third-order valence-corrected chi connectivity index (χ3v) is 5.20. The number of likely N-dealkylation sites (tertiary alicyclic amines) is 1. The van der Waals surface area contributed by atoms with Gasteiger partial charge in [-0.25, -0.2) is 0 Å². The Kier molecular flexibility index (Phi) is 4.08. The first-order chi connectivity index (χ1) is 9.78. The van der Waals surface area contributed by atoms with E-state index >= 15 is 0 Å². The van der Waals surface area contributed by atoms with Crippen molar-refractivity contribution in [3.63, 3.8) is 0 Å². The molecular formula is C15H27N5. The number of hydrogen-bond donors (Lipinski definition) is 1. The third kappa shape index (κ3) is 2.27. The second-order valence-electron chi connectivity index (χ2n) is 6.28. The fourth-order valence-electron chi connectivity index (χ4n) is 4.27. The maximum atomic E-state index is 4.16. The number of likely N-dealkylation sites (N-methyl/N-ethyl adjacent to an activating group) is 1. The summed E-state index contributed by atoms with van der Waals surface area (Å²) in [6, 6.07) is 0.355. The zero-order valence-corrected chi connectivity index (χ0v) is 12.8. The smallest absolute Gasteiger partial charge is 0.0772 e. The molecule has 0 bridgehead atoms. The lowest BCUT2D eigenvalue weighted by Gasteiger charge is -2.45. The fourth-order valence-corrected chi connectivity index (χ4v) is 4.27. The van der Waals surface area contributed by atoms with Crippen LogP contribution in [0.3, 0.4) is 0 Å². The molecule has 1 atom stereocenters. The SMILES string of the molecule is CCNC(c1cnnn1C)C1(N2CCCC2)CCCC1. The van der Waals surface area contributed by atoms with Crippen LogP contribution in [0.2, 0.25) is 0 Å². The van der Waals surface area contributed by atoms with Crippen molar-refractivity contribution in [1.29, 1.82) is 0 Å². The van der Waals surface area contributed by atoms with Gasteiger partial charge in [-0.15, -0.1) is 5.10 Å². The highest BCUT2D eigenvalue weighted by molar-refractivity contribution is 5.15. The van der Waals surface area contributed by atoms with E-state index < -0.39 is 0 Å². The molecule has 5 nitrogen and oxygen atoms in total. The molecule has 1 unspecified atom stereocenters. The van der Waals surface area contributed by atoms with Crippen LogP contribution < -0.4 is 5.32 Å². The molecule has 1 aliphatic carbocycles. The van der Waals surface area contributed by atoms with Crippen LogP contribution in [0.15, 0.2) is 6.20 Å². The average molecular weight is 277 g/mol. The molecule has 1 aromatic rings. The summed E-state index contributed by atoms with van der Waals surface area (Å²) in [5, 5.41) is 12.0. The highest BCUT2D eigenvalue weighted by atomic mass is 15.4. The first-order valence-electron chi connectivity index (χ1n) is 8.11. The molecule has 0 radical (unpaired) electrons. The molecule has 1 N–H and O–H groups in total. The minimum Gasteiger partial charge on any atom is -0.307 e. The highest BCUT2D eigenvalue weighted by Gasteiger charge is 2.47. The van der Waals surface area contributed by atoms with E-state index in [0.29, 0.717) is 6.04 Å². The van der Waals surface area contributed by atoms with Gasteiger partial charge >= 0.3 is 0 Å². The molecule has 0 spiro atoms. The lowest BCUT2D eigenvalue weighted by molar-refractivity contribution is 0.0738. The minimum atomic E-state index is 0.280. The summed E-state index contributed by atoms with van der Waals surface area (Å²) in [5.41, 5.74) is 1.52. The van der Waals surface area contributed by atoms with Gasteiger partial charge in [0.25, 0.3) is 0 Å². The van der Waals surface area contributed by atoms with Gasteiger partial charge in [0.15, 0.2) is 0 Å². The van der Waals surface area contributed by atoms with Crippen LogP contribution in [0.4, 0.5) is 0 Å². The second-order valence-corrected chi connectivity index (χ2v) is 6.28. The van der Waals surface area contributed by atoms with Crippen molar-refractivity contribution in [2.45, 2.75) is 57.0 Å². The molecule has 1 saturated carbocycles. The lowest BCUT2D eigenvalue weighted by atomic mass is 9.84. The van der Waals surface area contributed by atoms with Gasteiger partial charge < -0.3 is 5.32 Å². The first kappa shape index (κ1) is 14.0. The van der Waals surface area contributed by atoms with E-state index in [9.17, 15) is 0 Å². The summed E-state index contributed by atoms with van der Waals surface area (Å²) in [5.74, 6) is 0. The molecule has 1 aromatic heterocycles. The summed E-state index contributed by atoms with van der Waals surface area (Å²) in [6.45, 7) is 5.70.